The Balaban J connectivity index is 1.54. The molecule has 0 spiro atoms. The largest absolute Gasteiger partial charge is 0.425 e. The van der Waals surface area contributed by atoms with E-state index in [1.54, 1.807) is 7.11 Å². The van der Waals surface area contributed by atoms with Crippen LogP contribution in [-0.2, 0) is 22.4 Å². The number of hydrogen-bond acceptors (Lipinski definition) is 5. The maximum atomic E-state index is 12.0. The quantitative estimate of drug-likeness (QED) is 0.615. The van der Waals surface area contributed by atoms with E-state index < -0.39 is 0 Å². The molecule has 2 aromatic heterocycles. The number of para-hydroxylation sites is 1. The predicted molar refractivity (Wildman–Crippen MR) is 97.8 cm³/mol. The number of carbonyl (C=O) groups excluding carboxylic acids is 1. The van der Waals surface area contributed by atoms with Gasteiger partial charge in [-0.15, -0.1) is 10.2 Å². The van der Waals surface area contributed by atoms with Gasteiger partial charge in [0.2, 0.25) is 17.7 Å². The standard InChI is InChI=1S/C19H24N4O3/c1-3-14(12-25-2)21-17(24)8-9-18-22-23-19(26-18)10-13-11-20-16-7-5-4-6-15(13)16/h4-7,11,14,20H,3,8-10,12H2,1-2H3,(H,21,24)/t14-/m0/s1. The van der Waals surface area contributed by atoms with Gasteiger partial charge in [0.1, 0.15) is 0 Å². The van der Waals surface area contributed by atoms with Gasteiger partial charge in [-0.05, 0) is 18.1 Å². The molecule has 1 aromatic carbocycles. The average molecular weight is 356 g/mol. The monoisotopic (exact) mass is 356 g/mol. The zero-order valence-electron chi connectivity index (χ0n) is 15.1. The Morgan fingerprint density at radius 2 is 2.12 bits per heavy atom. The number of aromatic nitrogens is 3. The second-order valence-corrected chi connectivity index (χ2v) is 6.25. The molecule has 0 aliphatic rings. The van der Waals surface area contributed by atoms with Crippen LogP contribution in [0.2, 0.25) is 0 Å². The number of carbonyl (C=O) groups is 1. The summed E-state index contributed by atoms with van der Waals surface area (Å²) in [6, 6.07) is 8.13. The van der Waals surface area contributed by atoms with E-state index in [0.717, 1.165) is 22.9 Å². The van der Waals surface area contributed by atoms with Gasteiger partial charge in [-0.25, -0.2) is 0 Å². The Morgan fingerprint density at radius 3 is 2.92 bits per heavy atom. The van der Waals surface area contributed by atoms with Gasteiger partial charge in [0.15, 0.2) is 0 Å². The molecule has 0 fully saturated rings. The maximum Gasteiger partial charge on any atom is 0.221 e. The summed E-state index contributed by atoms with van der Waals surface area (Å²) in [5.41, 5.74) is 2.19. The third kappa shape index (κ3) is 4.49. The second kappa shape index (κ2) is 8.62. The normalized spacial score (nSPS) is 12.4. The van der Waals surface area contributed by atoms with Gasteiger partial charge in [0.25, 0.3) is 0 Å². The van der Waals surface area contributed by atoms with Crippen molar-refractivity contribution >= 4 is 16.8 Å². The molecular formula is C19H24N4O3. The average Bonchev–Trinajstić information content (AvgIpc) is 3.27. The molecule has 138 valence electrons. The fourth-order valence-corrected chi connectivity index (χ4v) is 2.88. The molecule has 0 bridgehead atoms. The van der Waals surface area contributed by atoms with Crippen LogP contribution in [0.5, 0.6) is 0 Å². The van der Waals surface area contributed by atoms with E-state index in [1.807, 2.05) is 31.3 Å². The number of hydrogen-bond donors (Lipinski definition) is 2. The lowest BCUT2D eigenvalue weighted by atomic mass is 10.1. The van der Waals surface area contributed by atoms with Gasteiger partial charge in [-0.3, -0.25) is 4.79 Å². The van der Waals surface area contributed by atoms with Crippen LogP contribution in [0.15, 0.2) is 34.9 Å². The number of fused-ring (bicyclic) bond motifs is 1. The number of nitrogens with one attached hydrogen (secondary N) is 2. The number of rotatable bonds is 9. The van der Waals surface area contributed by atoms with Gasteiger partial charge in [-0.2, -0.15) is 0 Å². The SMILES string of the molecule is CC[C@@H](COC)NC(=O)CCc1nnc(Cc2c[nH]c3ccccc23)o1. The van der Waals surface area contributed by atoms with Crippen molar-refractivity contribution in [3.8, 4) is 0 Å². The first-order valence-corrected chi connectivity index (χ1v) is 8.84. The minimum atomic E-state index is -0.0368. The van der Waals surface area contributed by atoms with Crippen LogP contribution in [0.25, 0.3) is 10.9 Å². The minimum Gasteiger partial charge on any atom is -0.425 e. The number of aromatic amines is 1. The Labute approximate surface area is 152 Å². The number of H-pyrrole nitrogens is 1. The lowest BCUT2D eigenvalue weighted by Gasteiger charge is -2.15. The zero-order chi connectivity index (χ0) is 18.4. The Hall–Kier alpha value is -2.67. The molecular weight excluding hydrogens is 332 g/mol. The zero-order valence-corrected chi connectivity index (χ0v) is 15.1. The molecule has 3 aromatic rings. The summed E-state index contributed by atoms with van der Waals surface area (Å²) in [6.45, 7) is 2.52. The summed E-state index contributed by atoms with van der Waals surface area (Å²) in [7, 11) is 1.63. The van der Waals surface area contributed by atoms with Gasteiger partial charge in [-0.1, -0.05) is 25.1 Å². The van der Waals surface area contributed by atoms with E-state index >= 15 is 0 Å². The van der Waals surface area contributed by atoms with Crippen LogP contribution in [0, 0.1) is 0 Å². The molecule has 0 aliphatic carbocycles. The fourth-order valence-electron chi connectivity index (χ4n) is 2.88. The van der Waals surface area contributed by atoms with Gasteiger partial charge in [0.05, 0.1) is 19.1 Å². The molecule has 1 amide bonds. The Bertz CT molecular complexity index is 855. The van der Waals surface area contributed by atoms with Crippen LogP contribution in [0.1, 0.15) is 37.1 Å². The van der Waals surface area contributed by atoms with Gasteiger partial charge < -0.3 is 19.5 Å². The molecule has 0 aliphatic heterocycles. The smallest absolute Gasteiger partial charge is 0.221 e. The highest BCUT2D eigenvalue weighted by Crippen LogP contribution is 2.20. The summed E-state index contributed by atoms with van der Waals surface area (Å²) in [4.78, 5) is 15.2. The molecule has 2 N–H and O–H groups in total. The minimum absolute atomic E-state index is 0.0348. The van der Waals surface area contributed by atoms with Crippen molar-refractivity contribution < 1.29 is 13.9 Å². The Kier molecular flexibility index (Phi) is 6.01. The van der Waals surface area contributed by atoms with Crippen molar-refractivity contribution in [3.63, 3.8) is 0 Å². The number of ether oxygens (including phenoxy) is 1. The van der Waals surface area contributed by atoms with Crippen LogP contribution < -0.4 is 5.32 Å². The lowest BCUT2D eigenvalue weighted by molar-refractivity contribution is -0.122. The van der Waals surface area contributed by atoms with E-state index in [1.165, 1.54) is 0 Å². The highest BCUT2D eigenvalue weighted by Gasteiger charge is 2.13. The Morgan fingerprint density at radius 1 is 1.31 bits per heavy atom. The van der Waals surface area contributed by atoms with E-state index in [4.69, 9.17) is 9.15 Å². The lowest BCUT2D eigenvalue weighted by Crippen LogP contribution is -2.37. The molecule has 0 saturated carbocycles. The predicted octanol–water partition coefficient (Wildman–Crippen LogP) is 2.62. The van der Waals surface area contributed by atoms with E-state index in [9.17, 15) is 4.79 Å². The first kappa shape index (κ1) is 18.1. The number of nitrogens with zero attached hydrogens (tertiary/aromatic N) is 2. The third-order valence-electron chi connectivity index (χ3n) is 4.32. The number of benzene rings is 1. The van der Waals surface area contributed by atoms with Crippen molar-refractivity contribution in [2.24, 2.45) is 0 Å². The van der Waals surface area contributed by atoms with Crippen LogP contribution >= 0.6 is 0 Å². The fraction of sp³-hybridized carbons (Fsp3) is 0.421. The second-order valence-electron chi connectivity index (χ2n) is 6.25. The molecule has 1 atom stereocenters. The van der Waals surface area contributed by atoms with E-state index in [0.29, 0.717) is 37.7 Å². The number of aryl methyl sites for hydroxylation is 1. The molecule has 0 radical (unpaired) electrons. The number of methoxy groups -OCH3 is 1. The van der Waals surface area contributed by atoms with Gasteiger partial charge in [0, 0.05) is 37.1 Å². The van der Waals surface area contributed by atoms with Crippen molar-refractivity contribution in [2.45, 2.75) is 38.6 Å². The van der Waals surface area contributed by atoms with Gasteiger partial charge >= 0.3 is 0 Å². The summed E-state index contributed by atoms with van der Waals surface area (Å²) in [6.07, 6.45) is 4.09. The molecule has 2 heterocycles. The molecule has 0 unspecified atom stereocenters. The summed E-state index contributed by atoms with van der Waals surface area (Å²) < 4.78 is 10.8. The van der Waals surface area contributed by atoms with Crippen LogP contribution in [-0.4, -0.2) is 40.8 Å². The maximum absolute atomic E-state index is 12.0. The number of amides is 1. The van der Waals surface area contributed by atoms with Crippen molar-refractivity contribution in [3.05, 3.63) is 47.8 Å². The molecule has 7 heteroatoms. The van der Waals surface area contributed by atoms with E-state index in [2.05, 4.69) is 26.6 Å². The molecule has 3 rings (SSSR count). The van der Waals surface area contributed by atoms with E-state index in [-0.39, 0.29) is 11.9 Å². The first-order chi connectivity index (χ1) is 12.7. The van der Waals surface area contributed by atoms with Crippen LogP contribution in [0.3, 0.4) is 0 Å². The summed E-state index contributed by atoms with van der Waals surface area (Å²) in [5.74, 6) is 0.996. The molecule has 26 heavy (non-hydrogen) atoms. The topological polar surface area (TPSA) is 93.0 Å². The highest BCUT2D eigenvalue weighted by atomic mass is 16.5. The van der Waals surface area contributed by atoms with Crippen molar-refractivity contribution in [2.75, 3.05) is 13.7 Å². The van der Waals surface area contributed by atoms with Crippen molar-refractivity contribution in [1.82, 2.24) is 20.5 Å². The first-order valence-electron chi connectivity index (χ1n) is 8.84. The summed E-state index contributed by atoms with van der Waals surface area (Å²) in [5, 5.41) is 12.2. The van der Waals surface area contributed by atoms with Crippen LogP contribution in [0.4, 0.5) is 0 Å². The molecule has 0 saturated heterocycles. The third-order valence-corrected chi connectivity index (χ3v) is 4.32. The van der Waals surface area contributed by atoms with Crippen molar-refractivity contribution in [1.29, 1.82) is 0 Å². The molecule has 7 nitrogen and oxygen atoms in total. The summed E-state index contributed by atoms with van der Waals surface area (Å²) >= 11 is 0. The highest BCUT2D eigenvalue weighted by molar-refractivity contribution is 5.83.